The number of anilines is 1. The average molecular weight is 400 g/mol. The molecule has 3 rings (SSSR count). The predicted octanol–water partition coefficient (Wildman–Crippen LogP) is 5.35. The minimum absolute atomic E-state index is 0.0161. The van der Waals surface area contributed by atoms with Gasteiger partial charge in [-0.15, -0.1) is 0 Å². The first-order valence-electron chi connectivity index (χ1n) is 7.01. The van der Waals surface area contributed by atoms with Crippen LogP contribution < -0.4 is 5.73 Å². The van der Waals surface area contributed by atoms with Gasteiger partial charge in [0.25, 0.3) is 0 Å². The van der Waals surface area contributed by atoms with E-state index in [-0.39, 0.29) is 5.25 Å². The monoisotopic (exact) mass is 398 g/mol. The third kappa shape index (κ3) is 4.16. The highest BCUT2D eigenvalue weighted by molar-refractivity contribution is 7.99. The Morgan fingerprint density at radius 1 is 1.17 bits per heavy atom. The van der Waals surface area contributed by atoms with Gasteiger partial charge in [0.1, 0.15) is 5.03 Å². The smallest absolute Gasteiger partial charge is 0.115 e. The Bertz CT molecular complexity index is 839. The highest BCUT2D eigenvalue weighted by Gasteiger charge is 2.19. The van der Waals surface area contributed by atoms with Gasteiger partial charge in [-0.2, -0.15) is 0 Å². The molecular weight excluding hydrogens is 387 g/mol. The van der Waals surface area contributed by atoms with Gasteiger partial charge in [-0.25, -0.2) is 9.97 Å². The lowest BCUT2D eigenvalue weighted by Crippen LogP contribution is -2.06. The Hall–Kier alpha value is -1.40. The van der Waals surface area contributed by atoms with Crippen molar-refractivity contribution < 1.29 is 0 Å². The van der Waals surface area contributed by atoms with Gasteiger partial charge >= 0.3 is 0 Å². The maximum Gasteiger partial charge on any atom is 0.115 e. The van der Waals surface area contributed by atoms with E-state index in [2.05, 4.69) is 9.97 Å². The van der Waals surface area contributed by atoms with Crippen molar-refractivity contribution in [3.63, 3.8) is 0 Å². The molecule has 0 aliphatic carbocycles. The molecule has 2 N–H and O–H groups in total. The second-order valence-electron chi connectivity index (χ2n) is 5.09. The van der Waals surface area contributed by atoms with Gasteiger partial charge in [0.2, 0.25) is 0 Å². The Kier molecular flexibility index (Phi) is 5.56. The predicted molar refractivity (Wildman–Crippen MR) is 101 cm³/mol. The molecule has 0 bridgehead atoms. The molecule has 0 radical (unpaired) electrons. The lowest BCUT2D eigenvalue weighted by Gasteiger charge is -2.19. The molecule has 4 nitrogen and oxygen atoms in total. The summed E-state index contributed by atoms with van der Waals surface area (Å²) in [4.78, 5) is 8.41. The van der Waals surface area contributed by atoms with E-state index in [0.29, 0.717) is 32.3 Å². The molecule has 0 amide bonds. The van der Waals surface area contributed by atoms with Gasteiger partial charge in [0, 0.05) is 29.0 Å². The van der Waals surface area contributed by atoms with Gasteiger partial charge in [-0.05, 0) is 23.8 Å². The Balaban J connectivity index is 1.95. The maximum absolute atomic E-state index is 6.40. The second kappa shape index (κ2) is 7.66. The molecule has 0 aliphatic rings. The summed E-state index contributed by atoms with van der Waals surface area (Å²) in [5.74, 6) is 0. The van der Waals surface area contributed by atoms with E-state index >= 15 is 0 Å². The summed E-state index contributed by atoms with van der Waals surface area (Å²) >= 11 is 20.2. The molecular formula is C16H13Cl3N4S. The standard InChI is InChI=1S/C16H13Cl3N4S/c17-10-1-2-12(13(18)5-10)15(8-23-4-3-21-9-23)24-16-14(19)6-11(20)7-22-16/h1-7,9,15H,8,20H2/t15-/m1/s1. The van der Waals surface area contributed by atoms with Gasteiger partial charge in [0.15, 0.2) is 0 Å². The first-order chi connectivity index (χ1) is 11.5. The minimum Gasteiger partial charge on any atom is -0.397 e. The summed E-state index contributed by atoms with van der Waals surface area (Å²) in [5, 5.41) is 2.39. The van der Waals surface area contributed by atoms with E-state index in [4.69, 9.17) is 40.5 Å². The number of thioether (sulfide) groups is 1. The van der Waals surface area contributed by atoms with Crippen LogP contribution in [0.3, 0.4) is 0 Å². The highest BCUT2D eigenvalue weighted by Crippen LogP contribution is 2.42. The average Bonchev–Trinajstić information content (AvgIpc) is 3.02. The molecule has 124 valence electrons. The Labute approximate surface area is 159 Å². The molecule has 0 unspecified atom stereocenters. The number of nitrogens with two attached hydrogens (primary N) is 1. The zero-order valence-corrected chi connectivity index (χ0v) is 15.4. The van der Waals surface area contributed by atoms with Crippen LogP contribution in [0.2, 0.25) is 15.1 Å². The SMILES string of the molecule is Nc1cnc(S[C@H](Cn2ccnc2)c2ccc(Cl)cc2Cl)c(Cl)c1. The molecule has 24 heavy (non-hydrogen) atoms. The molecule has 2 heterocycles. The summed E-state index contributed by atoms with van der Waals surface area (Å²) in [7, 11) is 0. The number of hydrogen-bond acceptors (Lipinski definition) is 4. The first kappa shape index (κ1) is 17.4. The number of rotatable bonds is 5. The van der Waals surface area contributed by atoms with Crippen LogP contribution in [0.25, 0.3) is 0 Å². The summed E-state index contributed by atoms with van der Waals surface area (Å²) in [6.45, 7) is 0.661. The van der Waals surface area contributed by atoms with E-state index in [9.17, 15) is 0 Å². The first-order valence-corrected chi connectivity index (χ1v) is 9.02. The molecule has 0 aliphatic heterocycles. The fourth-order valence-corrected chi connectivity index (χ4v) is 4.26. The minimum atomic E-state index is -0.0161. The molecule has 0 saturated carbocycles. The van der Waals surface area contributed by atoms with Crippen molar-refractivity contribution in [3.8, 4) is 0 Å². The van der Waals surface area contributed by atoms with Crippen molar-refractivity contribution in [1.82, 2.24) is 14.5 Å². The highest BCUT2D eigenvalue weighted by atomic mass is 35.5. The van der Waals surface area contributed by atoms with Crippen LogP contribution in [0.4, 0.5) is 5.69 Å². The lowest BCUT2D eigenvalue weighted by molar-refractivity contribution is 0.682. The second-order valence-corrected chi connectivity index (χ2v) is 7.53. The van der Waals surface area contributed by atoms with Crippen LogP contribution in [-0.4, -0.2) is 14.5 Å². The van der Waals surface area contributed by atoms with E-state index in [1.807, 2.05) is 22.9 Å². The maximum atomic E-state index is 6.40. The van der Waals surface area contributed by atoms with Gasteiger partial charge in [0.05, 0.1) is 28.5 Å². The van der Waals surface area contributed by atoms with Crippen LogP contribution in [0.1, 0.15) is 10.8 Å². The summed E-state index contributed by atoms with van der Waals surface area (Å²) in [6, 6.07) is 7.17. The molecule has 1 atom stereocenters. The fourth-order valence-electron chi connectivity index (χ4n) is 2.21. The van der Waals surface area contributed by atoms with Crippen LogP contribution in [-0.2, 0) is 6.54 Å². The molecule has 3 aromatic rings. The normalized spacial score (nSPS) is 12.3. The van der Waals surface area contributed by atoms with Crippen LogP contribution in [0.5, 0.6) is 0 Å². The zero-order valence-electron chi connectivity index (χ0n) is 12.4. The van der Waals surface area contributed by atoms with Crippen molar-refractivity contribution >= 4 is 52.3 Å². The number of halogens is 3. The number of nitrogens with zero attached hydrogens (tertiary/aromatic N) is 3. The lowest BCUT2D eigenvalue weighted by atomic mass is 10.1. The van der Waals surface area contributed by atoms with Crippen molar-refractivity contribution in [2.45, 2.75) is 16.8 Å². The molecule has 0 fully saturated rings. The number of benzene rings is 1. The van der Waals surface area contributed by atoms with Gasteiger partial charge in [-0.3, -0.25) is 0 Å². The van der Waals surface area contributed by atoms with E-state index < -0.39 is 0 Å². The molecule has 0 spiro atoms. The number of imidazole rings is 1. The largest absolute Gasteiger partial charge is 0.397 e. The third-order valence-corrected chi connectivity index (χ3v) is 5.53. The molecule has 2 aromatic heterocycles. The fraction of sp³-hybridized carbons (Fsp3) is 0.125. The van der Waals surface area contributed by atoms with Crippen molar-refractivity contribution in [1.29, 1.82) is 0 Å². The molecule has 1 aromatic carbocycles. The topological polar surface area (TPSA) is 56.7 Å². The number of nitrogen functional groups attached to an aromatic ring is 1. The van der Waals surface area contributed by atoms with Crippen LogP contribution >= 0.6 is 46.6 Å². The molecule has 0 saturated heterocycles. The summed E-state index contributed by atoms with van der Waals surface area (Å²) in [6.07, 6.45) is 6.98. The zero-order chi connectivity index (χ0) is 17.1. The number of pyridine rings is 1. The van der Waals surface area contributed by atoms with Crippen molar-refractivity contribution in [2.75, 3.05) is 5.73 Å². The van der Waals surface area contributed by atoms with Crippen molar-refractivity contribution in [2.24, 2.45) is 0 Å². The van der Waals surface area contributed by atoms with E-state index in [0.717, 1.165) is 5.56 Å². The van der Waals surface area contributed by atoms with Crippen LogP contribution in [0, 0.1) is 0 Å². The van der Waals surface area contributed by atoms with E-state index in [1.54, 1.807) is 30.9 Å². The third-order valence-electron chi connectivity index (χ3n) is 3.33. The van der Waals surface area contributed by atoms with Crippen molar-refractivity contribution in [3.05, 3.63) is 69.8 Å². The number of hydrogen-bond donors (Lipinski definition) is 1. The summed E-state index contributed by atoms with van der Waals surface area (Å²) < 4.78 is 1.98. The van der Waals surface area contributed by atoms with Gasteiger partial charge in [-0.1, -0.05) is 52.6 Å². The van der Waals surface area contributed by atoms with E-state index in [1.165, 1.54) is 11.8 Å². The quantitative estimate of drug-likeness (QED) is 0.587. The number of aromatic nitrogens is 3. The Morgan fingerprint density at radius 3 is 2.67 bits per heavy atom. The van der Waals surface area contributed by atoms with Crippen LogP contribution in [0.15, 0.2) is 54.2 Å². The van der Waals surface area contributed by atoms with Gasteiger partial charge < -0.3 is 10.3 Å². The summed E-state index contributed by atoms with van der Waals surface area (Å²) in [5.41, 5.74) is 7.20. The Morgan fingerprint density at radius 2 is 2.00 bits per heavy atom. The molecule has 8 heteroatoms.